The first kappa shape index (κ1) is 12.2. The molecule has 1 heterocycles. The van der Waals surface area contributed by atoms with Gasteiger partial charge in [0.05, 0.1) is 6.10 Å². The lowest BCUT2D eigenvalue weighted by molar-refractivity contribution is 0.122. The van der Waals surface area contributed by atoms with Crippen molar-refractivity contribution in [1.82, 2.24) is 4.90 Å². The summed E-state index contributed by atoms with van der Waals surface area (Å²) in [6.45, 7) is 10.3. The lowest BCUT2D eigenvalue weighted by atomic mass is 10.00. The van der Waals surface area contributed by atoms with Crippen LogP contribution in [0.5, 0.6) is 0 Å². The minimum Gasteiger partial charge on any atom is -0.390 e. The fraction of sp³-hybridized carbons (Fsp3) is 0.500. The third kappa shape index (κ3) is 3.30. The maximum atomic E-state index is 9.46. The molecule has 0 saturated heterocycles. The molecular formula is C12H20N2O. The Morgan fingerprint density at radius 1 is 1.40 bits per heavy atom. The summed E-state index contributed by atoms with van der Waals surface area (Å²) in [6, 6.07) is 0. The first-order valence-electron chi connectivity index (χ1n) is 5.28. The molecule has 0 bridgehead atoms. The molecule has 1 aliphatic heterocycles. The van der Waals surface area contributed by atoms with Crippen molar-refractivity contribution in [2.24, 2.45) is 5.73 Å². The zero-order valence-corrected chi connectivity index (χ0v) is 9.15. The van der Waals surface area contributed by atoms with Crippen LogP contribution < -0.4 is 5.73 Å². The van der Waals surface area contributed by atoms with Crippen LogP contribution in [0.4, 0.5) is 0 Å². The number of aliphatic hydroxyl groups excluding tert-OH is 1. The topological polar surface area (TPSA) is 49.5 Å². The van der Waals surface area contributed by atoms with E-state index in [0.29, 0.717) is 13.1 Å². The molecule has 1 unspecified atom stereocenters. The van der Waals surface area contributed by atoms with E-state index in [2.05, 4.69) is 18.1 Å². The maximum absolute atomic E-state index is 9.46. The maximum Gasteiger partial charge on any atom is 0.0789 e. The van der Waals surface area contributed by atoms with E-state index >= 15 is 0 Å². The summed E-state index contributed by atoms with van der Waals surface area (Å²) in [7, 11) is 0. The van der Waals surface area contributed by atoms with Crippen molar-refractivity contribution in [3.05, 3.63) is 36.5 Å². The van der Waals surface area contributed by atoms with E-state index in [0.717, 1.165) is 19.5 Å². The van der Waals surface area contributed by atoms with Crippen molar-refractivity contribution in [1.29, 1.82) is 0 Å². The van der Waals surface area contributed by atoms with Gasteiger partial charge in [-0.3, -0.25) is 4.90 Å². The van der Waals surface area contributed by atoms with Crippen LogP contribution >= 0.6 is 0 Å². The van der Waals surface area contributed by atoms with Crippen LogP contribution in [-0.2, 0) is 0 Å². The third-order valence-corrected chi connectivity index (χ3v) is 2.74. The summed E-state index contributed by atoms with van der Waals surface area (Å²) in [6.07, 6.45) is 4.31. The summed E-state index contributed by atoms with van der Waals surface area (Å²) < 4.78 is 0. The average molecular weight is 208 g/mol. The SMILES string of the molecule is C=CC1=C(C=C)CN(CC(O)CN)CC1. The molecule has 3 nitrogen and oxygen atoms in total. The number of rotatable bonds is 5. The molecule has 0 spiro atoms. The predicted octanol–water partition coefficient (Wildman–Crippen LogP) is 0.680. The number of nitrogens with two attached hydrogens (primary N) is 1. The van der Waals surface area contributed by atoms with Crippen LogP contribution in [0.1, 0.15) is 6.42 Å². The zero-order valence-electron chi connectivity index (χ0n) is 9.15. The number of hydrogen-bond acceptors (Lipinski definition) is 3. The first-order valence-corrected chi connectivity index (χ1v) is 5.28. The van der Waals surface area contributed by atoms with Gasteiger partial charge in [0.2, 0.25) is 0 Å². The summed E-state index contributed by atoms with van der Waals surface area (Å²) in [4.78, 5) is 2.20. The fourth-order valence-electron chi connectivity index (χ4n) is 1.82. The molecule has 15 heavy (non-hydrogen) atoms. The Labute approximate surface area is 91.6 Å². The standard InChI is InChI=1S/C12H20N2O/c1-3-10-5-6-14(8-11(10)4-2)9-12(15)7-13/h3-4,12,15H,1-2,5-9,13H2. The van der Waals surface area contributed by atoms with Crippen molar-refractivity contribution in [2.45, 2.75) is 12.5 Å². The Morgan fingerprint density at radius 3 is 2.60 bits per heavy atom. The van der Waals surface area contributed by atoms with Gasteiger partial charge in [0.15, 0.2) is 0 Å². The highest BCUT2D eigenvalue weighted by Gasteiger charge is 2.17. The van der Waals surface area contributed by atoms with Crippen LogP contribution in [0.25, 0.3) is 0 Å². The Morgan fingerprint density at radius 2 is 2.07 bits per heavy atom. The fourth-order valence-corrected chi connectivity index (χ4v) is 1.82. The predicted molar refractivity (Wildman–Crippen MR) is 63.5 cm³/mol. The summed E-state index contributed by atoms with van der Waals surface area (Å²) in [5.41, 5.74) is 7.86. The molecule has 3 N–H and O–H groups in total. The van der Waals surface area contributed by atoms with Crippen LogP contribution in [0.2, 0.25) is 0 Å². The van der Waals surface area contributed by atoms with Gasteiger partial charge in [-0.05, 0) is 17.6 Å². The highest BCUT2D eigenvalue weighted by Crippen LogP contribution is 2.19. The molecule has 3 heteroatoms. The second-order valence-electron chi connectivity index (χ2n) is 3.83. The van der Waals surface area contributed by atoms with Gasteiger partial charge in [-0.15, -0.1) is 0 Å². The minimum absolute atomic E-state index is 0.317. The van der Waals surface area contributed by atoms with Crippen LogP contribution in [0.3, 0.4) is 0 Å². The quantitative estimate of drug-likeness (QED) is 0.698. The number of nitrogens with zero attached hydrogens (tertiary/aromatic N) is 1. The van der Waals surface area contributed by atoms with Gasteiger partial charge < -0.3 is 10.8 Å². The van der Waals surface area contributed by atoms with Gasteiger partial charge in [-0.2, -0.15) is 0 Å². The normalized spacial score (nSPS) is 20.1. The molecular weight excluding hydrogens is 188 g/mol. The molecule has 1 rings (SSSR count). The minimum atomic E-state index is -0.429. The van der Waals surface area contributed by atoms with Gasteiger partial charge in [0.25, 0.3) is 0 Å². The Hall–Kier alpha value is -0.900. The van der Waals surface area contributed by atoms with Crippen molar-refractivity contribution >= 4 is 0 Å². The third-order valence-electron chi connectivity index (χ3n) is 2.74. The molecule has 1 aliphatic rings. The van der Waals surface area contributed by atoms with Crippen LogP contribution in [0, 0.1) is 0 Å². The number of allylic oxidation sites excluding steroid dienone is 1. The van der Waals surface area contributed by atoms with Crippen molar-refractivity contribution < 1.29 is 5.11 Å². The van der Waals surface area contributed by atoms with Gasteiger partial charge in [0.1, 0.15) is 0 Å². The van der Waals surface area contributed by atoms with E-state index in [1.54, 1.807) is 0 Å². The van der Waals surface area contributed by atoms with E-state index in [4.69, 9.17) is 5.73 Å². The zero-order chi connectivity index (χ0) is 11.3. The van der Waals surface area contributed by atoms with E-state index in [9.17, 15) is 5.11 Å². The van der Waals surface area contributed by atoms with Gasteiger partial charge in [-0.1, -0.05) is 25.3 Å². The average Bonchev–Trinajstić information content (AvgIpc) is 2.28. The smallest absolute Gasteiger partial charge is 0.0789 e. The molecule has 84 valence electrons. The molecule has 1 atom stereocenters. The van der Waals surface area contributed by atoms with Gasteiger partial charge >= 0.3 is 0 Å². The van der Waals surface area contributed by atoms with Crippen molar-refractivity contribution in [3.63, 3.8) is 0 Å². The molecule has 0 radical (unpaired) electrons. The van der Waals surface area contributed by atoms with Crippen molar-refractivity contribution in [3.8, 4) is 0 Å². The van der Waals surface area contributed by atoms with Gasteiger partial charge in [-0.25, -0.2) is 0 Å². The van der Waals surface area contributed by atoms with Crippen LogP contribution in [0.15, 0.2) is 36.5 Å². The number of aliphatic hydroxyl groups is 1. The molecule has 0 aromatic heterocycles. The molecule has 0 saturated carbocycles. The number of hydrogen-bond donors (Lipinski definition) is 2. The summed E-state index contributed by atoms with van der Waals surface area (Å²) >= 11 is 0. The van der Waals surface area contributed by atoms with Gasteiger partial charge in [0, 0.05) is 26.2 Å². The Bertz CT molecular complexity index is 271. The van der Waals surface area contributed by atoms with E-state index in [1.165, 1.54) is 11.1 Å². The van der Waals surface area contributed by atoms with Crippen LogP contribution in [-0.4, -0.2) is 42.3 Å². The Balaban J connectivity index is 2.59. The summed E-state index contributed by atoms with van der Waals surface area (Å²) in [5.74, 6) is 0. The molecule has 0 aromatic rings. The molecule has 0 amide bonds. The lowest BCUT2D eigenvalue weighted by Crippen LogP contribution is -2.40. The Kier molecular flexibility index (Phi) is 4.75. The molecule has 0 aromatic carbocycles. The monoisotopic (exact) mass is 208 g/mol. The summed E-state index contributed by atoms with van der Waals surface area (Å²) in [5, 5.41) is 9.46. The van der Waals surface area contributed by atoms with E-state index < -0.39 is 6.10 Å². The van der Waals surface area contributed by atoms with E-state index in [-0.39, 0.29) is 0 Å². The molecule has 0 fully saturated rings. The lowest BCUT2D eigenvalue weighted by Gasteiger charge is -2.30. The second kappa shape index (κ2) is 5.85. The largest absolute Gasteiger partial charge is 0.390 e. The highest BCUT2D eigenvalue weighted by atomic mass is 16.3. The first-order chi connectivity index (χ1) is 7.21. The number of β-amino-alcohol motifs (C(OH)–C–C–N with tert-alkyl or cyclic N) is 1. The molecule has 0 aliphatic carbocycles. The van der Waals surface area contributed by atoms with Crippen molar-refractivity contribution in [2.75, 3.05) is 26.2 Å². The highest BCUT2D eigenvalue weighted by molar-refractivity contribution is 5.34. The van der Waals surface area contributed by atoms with E-state index in [1.807, 2.05) is 12.2 Å². The second-order valence-corrected chi connectivity index (χ2v) is 3.83.